The van der Waals surface area contributed by atoms with Crippen molar-refractivity contribution in [2.45, 2.75) is 57.6 Å². The van der Waals surface area contributed by atoms with Gasteiger partial charge in [0.2, 0.25) is 0 Å². The van der Waals surface area contributed by atoms with E-state index >= 15 is 0 Å². The van der Waals surface area contributed by atoms with Crippen LogP contribution in [-0.4, -0.2) is 19.3 Å². The van der Waals surface area contributed by atoms with Crippen LogP contribution in [0.4, 0.5) is 0 Å². The average molecular weight is 289 g/mol. The first-order chi connectivity index (χ1) is 10.2. The number of nitrogens with one attached hydrogen (secondary N) is 1. The SMILES string of the molecule is CCCNC1CC2(CCC(C)C2)Oc2cc(OC)ccc21. The molecule has 0 amide bonds. The second kappa shape index (κ2) is 5.88. The standard InChI is InChI=1S/C18H27NO2/c1-4-9-19-16-12-18(8-7-13(2)11-18)21-17-10-14(20-3)5-6-15(16)17/h5-6,10,13,16,19H,4,7-9,11-12H2,1-3H3. The van der Waals surface area contributed by atoms with Crippen LogP contribution in [0.25, 0.3) is 0 Å². The first-order valence-electron chi connectivity index (χ1n) is 8.26. The Morgan fingerprint density at radius 3 is 2.90 bits per heavy atom. The zero-order valence-corrected chi connectivity index (χ0v) is 13.4. The highest BCUT2D eigenvalue weighted by molar-refractivity contribution is 5.44. The van der Waals surface area contributed by atoms with E-state index in [-0.39, 0.29) is 5.60 Å². The number of ether oxygens (including phenoxy) is 2. The topological polar surface area (TPSA) is 30.5 Å². The number of fused-ring (bicyclic) bond motifs is 1. The van der Waals surface area contributed by atoms with Gasteiger partial charge in [-0.25, -0.2) is 0 Å². The largest absolute Gasteiger partial charge is 0.497 e. The molecule has 1 spiro atoms. The molecule has 1 saturated carbocycles. The van der Waals surface area contributed by atoms with Crippen LogP contribution < -0.4 is 14.8 Å². The lowest BCUT2D eigenvalue weighted by Crippen LogP contribution is -2.42. The summed E-state index contributed by atoms with van der Waals surface area (Å²) in [6, 6.07) is 6.66. The number of rotatable bonds is 4. The molecule has 3 atom stereocenters. The van der Waals surface area contributed by atoms with Crippen molar-refractivity contribution in [3.63, 3.8) is 0 Å². The smallest absolute Gasteiger partial charge is 0.128 e. The van der Waals surface area contributed by atoms with E-state index in [0.29, 0.717) is 6.04 Å². The Morgan fingerprint density at radius 1 is 1.38 bits per heavy atom. The van der Waals surface area contributed by atoms with Crippen LogP contribution in [0.5, 0.6) is 11.5 Å². The van der Waals surface area contributed by atoms with Gasteiger partial charge in [-0.05, 0) is 44.2 Å². The summed E-state index contributed by atoms with van der Waals surface area (Å²) in [6.07, 6.45) is 5.88. The first-order valence-corrected chi connectivity index (χ1v) is 8.26. The predicted molar refractivity (Wildman–Crippen MR) is 85.0 cm³/mol. The zero-order valence-electron chi connectivity index (χ0n) is 13.4. The minimum Gasteiger partial charge on any atom is -0.497 e. The Kier molecular flexibility index (Phi) is 4.12. The van der Waals surface area contributed by atoms with Crippen LogP contribution in [0.1, 0.15) is 57.6 Å². The minimum absolute atomic E-state index is 0.0319. The second-order valence-electron chi connectivity index (χ2n) is 6.75. The van der Waals surface area contributed by atoms with Crippen molar-refractivity contribution in [2.24, 2.45) is 5.92 Å². The summed E-state index contributed by atoms with van der Waals surface area (Å²) >= 11 is 0. The molecule has 1 heterocycles. The molecule has 1 fully saturated rings. The summed E-state index contributed by atoms with van der Waals surface area (Å²) in [5, 5.41) is 3.71. The lowest BCUT2D eigenvalue weighted by atomic mass is 9.85. The van der Waals surface area contributed by atoms with Crippen LogP contribution in [0.2, 0.25) is 0 Å². The van der Waals surface area contributed by atoms with Crippen molar-refractivity contribution in [3.8, 4) is 11.5 Å². The third kappa shape index (κ3) is 2.89. The highest BCUT2D eigenvalue weighted by atomic mass is 16.5. The molecule has 1 aliphatic heterocycles. The first kappa shape index (κ1) is 14.7. The van der Waals surface area contributed by atoms with E-state index in [1.165, 1.54) is 24.8 Å². The van der Waals surface area contributed by atoms with Crippen LogP contribution in [0, 0.1) is 5.92 Å². The normalized spacial score (nSPS) is 31.0. The van der Waals surface area contributed by atoms with Crippen molar-refractivity contribution < 1.29 is 9.47 Å². The zero-order chi connectivity index (χ0) is 14.9. The summed E-state index contributed by atoms with van der Waals surface area (Å²) in [5.74, 6) is 2.67. The number of hydrogen-bond acceptors (Lipinski definition) is 3. The summed E-state index contributed by atoms with van der Waals surface area (Å²) in [7, 11) is 1.71. The third-order valence-corrected chi connectivity index (χ3v) is 4.95. The lowest BCUT2D eigenvalue weighted by Gasteiger charge is -2.40. The van der Waals surface area contributed by atoms with Crippen molar-refractivity contribution in [1.82, 2.24) is 5.32 Å². The maximum atomic E-state index is 6.48. The maximum absolute atomic E-state index is 6.48. The van der Waals surface area contributed by atoms with Crippen molar-refractivity contribution in [1.29, 1.82) is 0 Å². The van der Waals surface area contributed by atoms with Crippen molar-refractivity contribution in [2.75, 3.05) is 13.7 Å². The molecule has 0 aromatic heterocycles. The van der Waals surface area contributed by atoms with Crippen molar-refractivity contribution >= 4 is 0 Å². The van der Waals surface area contributed by atoms with E-state index < -0.39 is 0 Å². The fraction of sp³-hybridized carbons (Fsp3) is 0.667. The monoisotopic (exact) mass is 289 g/mol. The van der Waals surface area contributed by atoms with E-state index in [1.54, 1.807) is 7.11 Å². The van der Waals surface area contributed by atoms with Gasteiger partial charge in [0.25, 0.3) is 0 Å². The van der Waals surface area contributed by atoms with E-state index in [2.05, 4.69) is 31.3 Å². The molecule has 116 valence electrons. The molecule has 3 heteroatoms. The molecule has 1 aromatic rings. The minimum atomic E-state index is 0.0319. The van der Waals surface area contributed by atoms with Crippen molar-refractivity contribution in [3.05, 3.63) is 23.8 Å². The molecule has 0 radical (unpaired) electrons. The average Bonchev–Trinajstić information content (AvgIpc) is 2.84. The van der Waals surface area contributed by atoms with E-state index in [0.717, 1.165) is 36.8 Å². The van der Waals surface area contributed by atoms with Gasteiger partial charge < -0.3 is 14.8 Å². The molecule has 0 bridgehead atoms. The molecule has 2 aliphatic rings. The Hall–Kier alpha value is -1.22. The second-order valence-corrected chi connectivity index (χ2v) is 6.75. The fourth-order valence-electron chi connectivity index (χ4n) is 3.90. The Bertz CT molecular complexity index is 502. The molecular formula is C18H27NO2. The summed E-state index contributed by atoms with van der Waals surface area (Å²) in [5.41, 5.74) is 1.32. The molecular weight excluding hydrogens is 262 g/mol. The third-order valence-electron chi connectivity index (χ3n) is 4.95. The van der Waals surface area contributed by atoms with Crippen LogP contribution in [0.3, 0.4) is 0 Å². The summed E-state index contributed by atoms with van der Waals surface area (Å²) in [6.45, 7) is 5.62. The highest BCUT2D eigenvalue weighted by Crippen LogP contribution is 2.49. The van der Waals surface area contributed by atoms with E-state index in [1.807, 2.05) is 6.07 Å². The van der Waals surface area contributed by atoms with Crippen LogP contribution >= 0.6 is 0 Å². The van der Waals surface area contributed by atoms with Gasteiger partial charge in [-0.2, -0.15) is 0 Å². The van der Waals surface area contributed by atoms with Gasteiger partial charge in [-0.15, -0.1) is 0 Å². The van der Waals surface area contributed by atoms with E-state index in [9.17, 15) is 0 Å². The molecule has 21 heavy (non-hydrogen) atoms. The summed E-state index contributed by atoms with van der Waals surface area (Å²) in [4.78, 5) is 0. The Balaban J connectivity index is 1.91. The van der Waals surface area contributed by atoms with Gasteiger partial charge in [0.1, 0.15) is 17.1 Å². The highest BCUT2D eigenvalue weighted by Gasteiger charge is 2.45. The fourth-order valence-corrected chi connectivity index (χ4v) is 3.90. The summed E-state index contributed by atoms with van der Waals surface area (Å²) < 4.78 is 11.9. The Morgan fingerprint density at radius 2 is 2.24 bits per heavy atom. The van der Waals surface area contributed by atoms with Crippen LogP contribution in [0.15, 0.2) is 18.2 Å². The molecule has 3 rings (SSSR count). The quantitative estimate of drug-likeness (QED) is 0.906. The van der Waals surface area contributed by atoms with Crippen LogP contribution in [-0.2, 0) is 0 Å². The van der Waals surface area contributed by atoms with Gasteiger partial charge in [0, 0.05) is 24.1 Å². The van der Waals surface area contributed by atoms with Gasteiger partial charge >= 0.3 is 0 Å². The lowest BCUT2D eigenvalue weighted by molar-refractivity contribution is 0.0334. The van der Waals surface area contributed by atoms with Gasteiger partial charge in [0.05, 0.1) is 7.11 Å². The van der Waals surface area contributed by atoms with Gasteiger partial charge in [-0.1, -0.05) is 19.9 Å². The molecule has 1 aromatic carbocycles. The van der Waals surface area contributed by atoms with Gasteiger partial charge in [-0.3, -0.25) is 0 Å². The molecule has 3 nitrogen and oxygen atoms in total. The Labute approximate surface area is 128 Å². The molecule has 1 N–H and O–H groups in total. The number of hydrogen-bond donors (Lipinski definition) is 1. The van der Waals surface area contributed by atoms with Gasteiger partial charge in [0.15, 0.2) is 0 Å². The maximum Gasteiger partial charge on any atom is 0.128 e. The molecule has 0 saturated heterocycles. The predicted octanol–water partition coefficient (Wildman–Crippen LogP) is 4.08. The molecule has 3 unspecified atom stereocenters. The number of benzene rings is 1. The molecule has 1 aliphatic carbocycles. The number of methoxy groups -OCH3 is 1. The van der Waals surface area contributed by atoms with E-state index in [4.69, 9.17) is 9.47 Å².